The van der Waals surface area contributed by atoms with E-state index in [1.54, 1.807) is 0 Å². The number of rotatable bonds is 10. The van der Waals surface area contributed by atoms with Gasteiger partial charge >= 0.3 is 5.97 Å². The number of carboxylic acid groups (broad SMARTS) is 1. The molecule has 47 heavy (non-hydrogen) atoms. The second-order valence-electron chi connectivity index (χ2n) is 9.79. The number of aromatic amines is 1. The number of benzene rings is 1. The van der Waals surface area contributed by atoms with Crippen molar-refractivity contribution in [1.29, 1.82) is 0 Å². The molecule has 5 heterocycles. The molecule has 8 N–H and O–H groups in total. The molecule has 2 aliphatic rings. The maximum atomic E-state index is 13.3. The van der Waals surface area contributed by atoms with Gasteiger partial charge in [0.2, 0.25) is 5.82 Å². The van der Waals surface area contributed by atoms with Crippen molar-refractivity contribution in [3.8, 4) is 28.6 Å². The molecule has 0 spiro atoms. The van der Waals surface area contributed by atoms with Gasteiger partial charge in [-0.1, -0.05) is 5.16 Å². The summed E-state index contributed by atoms with van der Waals surface area (Å²) in [5.41, 5.74) is 4.97. The van der Waals surface area contributed by atoms with E-state index >= 15 is 0 Å². The predicted octanol–water partition coefficient (Wildman–Crippen LogP) is -1.06. The number of nitrogen functional groups attached to an aromatic ring is 1. The highest BCUT2D eigenvalue weighted by Gasteiger charge is 2.54. The molecule has 0 aliphatic carbocycles. The van der Waals surface area contributed by atoms with Gasteiger partial charge in [0.15, 0.2) is 34.7 Å². The van der Waals surface area contributed by atoms with E-state index in [0.29, 0.717) is 11.1 Å². The van der Waals surface area contributed by atoms with E-state index < -0.39 is 47.1 Å². The fourth-order valence-corrected chi connectivity index (χ4v) is 6.41. The number of nitrogens with two attached hydrogens (primary N) is 1. The van der Waals surface area contributed by atoms with Gasteiger partial charge in [-0.2, -0.15) is 4.80 Å². The molecule has 0 unspecified atom stereocenters. The Morgan fingerprint density at radius 3 is 2.70 bits per heavy atom. The molecule has 20 nitrogen and oxygen atoms in total. The molecule has 0 saturated carbocycles. The summed E-state index contributed by atoms with van der Waals surface area (Å²) in [6.07, 6.45) is 0.918. The van der Waals surface area contributed by atoms with Crippen molar-refractivity contribution >= 4 is 51.7 Å². The molecular weight excluding hydrogens is 662 g/mol. The highest BCUT2D eigenvalue weighted by atomic mass is 32.2. The number of aromatic nitrogens is 7. The van der Waals surface area contributed by atoms with E-state index in [1.807, 2.05) is 0 Å². The smallest absolute Gasteiger partial charge is 0.352 e. The quantitative estimate of drug-likeness (QED) is 0.0453. The van der Waals surface area contributed by atoms with Gasteiger partial charge in [0, 0.05) is 16.7 Å². The molecule has 1 saturated heterocycles. The Kier molecular flexibility index (Phi) is 8.17. The van der Waals surface area contributed by atoms with E-state index in [0.717, 1.165) is 27.2 Å². The summed E-state index contributed by atoms with van der Waals surface area (Å²) in [6.45, 7) is -0.518. The lowest BCUT2D eigenvalue weighted by Crippen LogP contribution is -2.71. The highest BCUT2D eigenvalue weighted by molar-refractivity contribution is 8.00. The molecule has 2 aliphatic heterocycles. The molecule has 1 aromatic carbocycles. The summed E-state index contributed by atoms with van der Waals surface area (Å²) in [6, 6.07) is 2.84. The molecule has 2 atom stereocenters. The molecule has 1 fully saturated rings. The fraction of sp³-hybridized carbons (Fsp3) is 0.200. The van der Waals surface area contributed by atoms with E-state index in [1.165, 1.54) is 35.3 Å². The third-order valence-electron chi connectivity index (χ3n) is 6.73. The normalized spacial score (nSPS) is 17.7. The van der Waals surface area contributed by atoms with Crippen LogP contribution < -0.4 is 16.6 Å². The van der Waals surface area contributed by atoms with Crippen molar-refractivity contribution in [2.75, 3.05) is 11.5 Å². The zero-order valence-electron chi connectivity index (χ0n) is 23.5. The van der Waals surface area contributed by atoms with Crippen molar-refractivity contribution in [2.24, 2.45) is 5.16 Å². The van der Waals surface area contributed by atoms with Gasteiger partial charge in [-0.15, -0.1) is 33.3 Å². The number of nitrogens with one attached hydrogen (secondary N) is 2. The van der Waals surface area contributed by atoms with Crippen molar-refractivity contribution < 1.29 is 39.6 Å². The van der Waals surface area contributed by atoms with Crippen LogP contribution in [0.15, 0.2) is 51.0 Å². The number of fused-ring (bicyclic) bond motifs is 1. The van der Waals surface area contributed by atoms with Crippen LogP contribution in [0.3, 0.4) is 0 Å². The first-order valence-electron chi connectivity index (χ1n) is 13.2. The largest absolute Gasteiger partial charge is 0.504 e. The molecule has 22 heteroatoms. The monoisotopic (exact) mass is 683 g/mol. The highest BCUT2D eigenvalue weighted by Crippen LogP contribution is 2.40. The number of phenols is 2. The molecule has 0 radical (unpaired) electrons. The number of anilines is 1. The number of carboxylic acids is 1. The Hall–Kier alpha value is -6.03. The van der Waals surface area contributed by atoms with Crippen LogP contribution in [0.2, 0.25) is 0 Å². The molecule has 2 amide bonds. The van der Waals surface area contributed by atoms with Crippen LogP contribution in [0.25, 0.3) is 11.4 Å². The van der Waals surface area contributed by atoms with Crippen LogP contribution in [-0.2, 0) is 32.4 Å². The predicted molar refractivity (Wildman–Crippen MR) is 161 cm³/mol. The van der Waals surface area contributed by atoms with Crippen LogP contribution >= 0.6 is 23.1 Å². The molecule has 4 aromatic rings. The Morgan fingerprint density at radius 1 is 1.19 bits per heavy atom. The summed E-state index contributed by atoms with van der Waals surface area (Å²) < 4.78 is 0. The number of β-lactam (4-membered cyclic amide) rings is 1. The lowest BCUT2D eigenvalue weighted by Gasteiger charge is -2.49. The Labute approximate surface area is 269 Å². The molecule has 6 rings (SSSR count). The van der Waals surface area contributed by atoms with Crippen LogP contribution in [0.1, 0.15) is 11.5 Å². The van der Waals surface area contributed by atoms with Crippen molar-refractivity contribution in [2.45, 2.75) is 24.6 Å². The number of hydrogen-bond acceptors (Lipinski definition) is 17. The number of carbonyl (C=O) groups is 3. The number of amides is 2. The van der Waals surface area contributed by atoms with Crippen LogP contribution in [-0.4, -0.2) is 101 Å². The number of aliphatic carboxylic acids is 1. The van der Waals surface area contributed by atoms with Gasteiger partial charge in [-0.05, 0) is 29.0 Å². The van der Waals surface area contributed by atoms with Crippen LogP contribution in [0.4, 0.5) is 5.13 Å². The van der Waals surface area contributed by atoms with E-state index in [4.69, 9.17) is 10.6 Å². The van der Waals surface area contributed by atoms with Gasteiger partial charge < -0.3 is 41.3 Å². The van der Waals surface area contributed by atoms with Gasteiger partial charge in [0.1, 0.15) is 28.6 Å². The minimum Gasteiger partial charge on any atom is -0.504 e. The average Bonchev–Trinajstić information content (AvgIpc) is 3.69. The number of thioether (sulfide) groups is 1. The van der Waals surface area contributed by atoms with Crippen LogP contribution in [0.5, 0.6) is 17.2 Å². The lowest BCUT2D eigenvalue weighted by atomic mass is 10.0. The number of carbonyl (C=O) groups excluding carboxylic acids is 2. The number of thiazole rings is 1. The summed E-state index contributed by atoms with van der Waals surface area (Å²) in [7, 11) is 0. The maximum absolute atomic E-state index is 13.3. The van der Waals surface area contributed by atoms with E-state index in [2.05, 4.69) is 40.8 Å². The number of tetrazole rings is 1. The first-order valence-corrected chi connectivity index (χ1v) is 15.1. The fourth-order valence-electron chi connectivity index (χ4n) is 4.53. The molecule has 3 aromatic heterocycles. The Balaban J connectivity index is 1.17. The number of hydrogen-bond donors (Lipinski definition) is 7. The SMILES string of the molecule is Nc1nc(C(=NOCc2ncc(O)c(=O)[nH]2)C(=O)N[C@@H]2C(=O)N3C(C(=O)O)=C(Cn4nnc(-c5ccc(O)c(O)c5)n4)CS[C@H]23)cs1. The third kappa shape index (κ3) is 6.13. The lowest BCUT2D eigenvalue weighted by molar-refractivity contribution is -0.150. The number of aromatic hydroxyl groups is 3. The minimum atomic E-state index is -1.37. The second kappa shape index (κ2) is 12.4. The second-order valence-corrected chi connectivity index (χ2v) is 11.8. The van der Waals surface area contributed by atoms with Gasteiger partial charge in [-0.25, -0.2) is 14.8 Å². The van der Waals surface area contributed by atoms with Gasteiger partial charge in [0.05, 0.1) is 12.7 Å². The number of oxime groups is 1. The zero-order valence-corrected chi connectivity index (χ0v) is 25.1. The summed E-state index contributed by atoms with van der Waals surface area (Å²) in [5.74, 6) is -3.99. The van der Waals surface area contributed by atoms with Gasteiger partial charge in [-0.3, -0.25) is 19.3 Å². The van der Waals surface area contributed by atoms with E-state index in [9.17, 15) is 39.6 Å². The van der Waals surface area contributed by atoms with Crippen molar-refractivity contribution in [3.05, 3.63) is 62.9 Å². The van der Waals surface area contributed by atoms with Crippen molar-refractivity contribution in [3.63, 3.8) is 0 Å². The van der Waals surface area contributed by atoms with Crippen molar-refractivity contribution in [1.82, 2.24) is 45.4 Å². The summed E-state index contributed by atoms with van der Waals surface area (Å²) in [4.78, 5) is 68.0. The molecular formula is C25H21N11O9S2. The van der Waals surface area contributed by atoms with E-state index in [-0.39, 0.29) is 57.7 Å². The first kappa shape index (κ1) is 31.0. The number of nitrogens with zero attached hydrogens (tertiary/aromatic N) is 8. The third-order valence-corrected chi connectivity index (χ3v) is 8.74. The topological polar surface area (TPSA) is 297 Å². The summed E-state index contributed by atoms with van der Waals surface area (Å²) in [5, 5.41) is 57.9. The number of phenolic OH excluding ortho intramolecular Hbond substituents is 2. The Morgan fingerprint density at radius 2 is 2.00 bits per heavy atom. The summed E-state index contributed by atoms with van der Waals surface area (Å²) >= 11 is 2.22. The minimum absolute atomic E-state index is 0.00160. The standard InChI is InChI=1S/C25H21N11O9S2/c26-25-28-11(8-47-25)16(33-45-6-15-27-4-14(39)20(40)29-15)21(41)30-17-22(42)36-18(24(43)44)10(7-46-23(17)36)5-35-32-19(31-34-35)9-1-2-12(37)13(38)3-9/h1-4,8,17,23,37-39H,5-7H2,(H2,26,28)(H,30,41)(H,43,44)(H,27,29,40)/t17-,23-/m1/s1. The maximum Gasteiger partial charge on any atom is 0.352 e. The van der Waals surface area contributed by atoms with Crippen LogP contribution in [0, 0.1) is 0 Å². The first-order chi connectivity index (χ1) is 22.5. The average molecular weight is 684 g/mol. The molecule has 242 valence electrons. The zero-order chi connectivity index (χ0) is 33.4. The number of H-pyrrole nitrogens is 1. The Bertz CT molecular complexity index is 2040. The van der Waals surface area contributed by atoms with Gasteiger partial charge in [0.25, 0.3) is 17.4 Å². The molecule has 0 bridgehead atoms.